The van der Waals surface area contributed by atoms with Crippen LogP contribution in [0.15, 0.2) is 0 Å². The second kappa shape index (κ2) is 21.5. The number of quaternary nitrogens is 1. The van der Waals surface area contributed by atoms with Crippen LogP contribution in [0.3, 0.4) is 0 Å². The highest BCUT2D eigenvalue weighted by Crippen LogP contribution is 2.35. The Hall–Kier alpha value is 0.380. The van der Waals surface area contributed by atoms with E-state index in [1.165, 1.54) is 89.9 Å². The molecule has 0 aliphatic carbocycles. The van der Waals surface area contributed by atoms with Crippen LogP contribution >= 0.6 is 19.6 Å². The predicted molar refractivity (Wildman–Crippen MR) is 145 cm³/mol. The summed E-state index contributed by atoms with van der Waals surface area (Å²) in [5, 5.41) is 0. The number of likely N-dealkylation sites (N-methyl/N-ethyl adjacent to an activating group) is 1. The van der Waals surface area contributed by atoms with Gasteiger partial charge in [-0.15, -0.1) is 0 Å². The Balaban J connectivity index is 3.87. The number of phosphoric acid groups is 1. The fraction of sp³-hybridized carbons (Fsp3) is 1.00. The standard InChI is InChI=1S/C26H56NO5PS/c1-6-7-8-9-10-11-12-13-14-15-16-17-18-19-20-34-24-25(23-31-5)21-26(22-27(2,3)4)32-33(28,29)30/h25-26H,6-24H2,1-5H3,(H-,28,29,30). The lowest BCUT2D eigenvalue weighted by Crippen LogP contribution is -2.43. The summed E-state index contributed by atoms with van der Waals surface area (Å²) in [7, 11) is 2.87. The minimum atomic E-state index is -4.75. The van der Waals surface area contributed by atoms with Gasteiger partial charge in [0.2, 0.25) is 0 Å². The molecule has 0 amide bonds. The van der Waals surface area contributed by atoms with Gasteiger partial charge in [-0.2, -0.15) is 11.8 Å². The van der Waals surface area contributed by atoms with Gasteiger partial charge >= 0.3 is 0 Å². The molecule has 0 radical (unpaired) electrons. The third kappa shape index (κ3) is 25.5. The zero-order valence-corrected chi connectivity index (χ0v) is 24.7. The van der Waals surface area contributed by atoms with Crippen molar-refractivity contribution >= 4 is 19.6 Å². The van der Waals surface area contributed by atoms with Crippen molar-refractivity contribution in [3.63, 3.8) is 0 Å². The number of phosphoric ester groups is 1. The first-order valence-corrected chi connectivity index (χ1v) is 16.3. The van der Waals surface area contributed by atoms with E-state index in [0.717, 1.165) is 11.5 Å². The maximum absolute atomic E-state index is 11.3. The van der Waals surface area contributed by atoms with Crippen molar-refractivity contribution in [3.05, 3.63) is 0 Å². The van der Waals surface area contributed by atoms with Crippen molar-refractivity contribution in [3.8, 4) is 0 Å². The average molecular weight is 526 g/mol. The molecule has 0 saturated carbocycles. The van der Waals surface area contributed by atoms with Gasteiger partial charge in [0.15, 0.2) is 0 Å². The average Bonchev–Trinajstić information content (AvgIpc) is 2.71. The van der Waals surface area contributed by atoms with Crippen molar-refractivity contribution in [2.24, 2.45) is 5.92 Å². The van der Waals surface area contributed by atoms with E-state index in [9.17, 15) is 14.4 Å². The Morgan fingerprint density at radius 2 is 1.35 bits per heavy atom. The summed E-state index contributed by atoms with van der Waals surface area (Å²) >= 11 is 1.91. The Labute approximate surface area is 215 Å². The van der Waals surface area contributed by atoms with E-state index in [4.69, 9.17) is 9.26 Å². The molecule has 0 aromatic carbocycles. The summed E-state index contributed by atoms with van der Waals surface area (Å²) < 4.78 is 22.2. The van der Waals surface area contributed by atoms with Gasteiger partial charge in [0.25, 0.3) is 7.82 Å². The second-order valence-corrected chi connectivity index (χ2v) is 13.2. The number of hydrogen-bond donors (Lipinski definition) is 1. The second-order valence-electron chi connectivity index (χ2n) is 10.9. The van der Waals surface area contributed by atoms with Gasteiger partial charge in [-0.1, -0.05) is 90.4 Å². The van der Waals surface area contributed by atoms with Crippen LogP contribution in [0.2, 0.25) is 0 Å². The number of methoxy groups -OCH3 is 1. The first kappa shape index (κ1) is 34.4. The minimum absolute atomic E-state index is 0.199. The summed E-state index contributed by atoms with van der Waals surface area (Å²) in [5.74, 6) is 2.24. The first-order chi connectivity index (χ1) is 16.1. The molecule has 3 atom stereocenters. The molecule has 0 bridgehead atoms. The molecule has 0 aromatic heterocycles. The third-order valence-corrected chi connectivity index (χ3v) is 7.88. The number of ether oxygens (including phenoxy) is 1. The summed E-state index contributed by atoms with van der Waals surface area (Å²) in [6.45, 7) is 3.35. The molecule has 8 heteroatoms. The van der Waals surface area contributed by atoms with E-state index in [1.807, 2.05) is 32.9 Å². The highest BCUT2D eigenvalue weighted by Gasteiger charge is 2.26. The molecule has 0 aliphatic heterocycles. The molecule has 0 heterocycles. The molecule has 0 fully saturated rings. The molecule has 3 unspecified atom stereocenters. The lowest BCUT2D eigenvalue weighted by atomic mass is 10.0. The van der Waals surface area contributed by atoms with Gasteiger partial charge in [0.1, 0.15) is 12.6 Å². The highest BCUT2D eigenvalue weighted by molar-refractivity contribution is 7.99. The number of thioether (sulfide) groups is 1. The largest absolute Gasteiger partial charge is 0.756 e. The summed E-state index contributed by atoms with van der Waals surface area (Å²) in [6.07, 6.45) is 19.2. The third-order valence-electron chi connectivity index (χ3n) is 6.03. The number of rotatable bonds is 25. The van der Waals surface area contributed by atoms with Crippen molar-refractivity contribution in [1.82, 2.24) is 0 Å². The van der Waals surface area contributed by atoms with Gasteiger partial charge in [-0.05, 0) is 30.3 Å². The van der Waals surface area contributed by atoms with Crippen LogP contribution in [0.25, 0.3) is 0 Å². The molecule has 0 rings (SSSR count). The lowest BCUT2D eigenvalue weighted by Gasteiger charge is -2.33. The molecule has 6 nitrogen and oxygen atoms in total. The summed E-state index contributed by atoms with van der Waals surface area (Å²) in [5.41, 5.74) is 0. The maximum Gasteiger partial charge on any atom is 0.265 e. The zero-order chi connectivity index (χ0) is 25.7. The van der Waals surface area contributed by atoms with Crippen molar-refractivity contribution in [2.75, 3.05) is 52.9 Å². The molecule has 0 aliphatic rings. The Morgan fingerprint density at radius 3 is 1.76 bits per heavy atom. The van der Waals surface area contributed by atoms with Crippen molar-refractivity contribution < 1.29 is 28.1 Å². The first-order valence-electron chi connectivity index (χ1n) is 13.7. The molecule has 0 spiro atoms. The summed E-state index contributed by atoms with van der Waals surface area (Å²) in [6, 6.07) is 0. The molecule has 34 heavy (non-hydrogen) atoms. The maximum atomic E-state index is 11.3. The Kier molecular flexibility index (Phi) is 21.7. The van der Waals surface area contributed by atoms with Gasteiger partial charge in [0.05, 0.1) is 21.1 Å². The summed E-state index contributed by atoms with van der Waals surface area (Å²) in [4.78, 5) is 20.5. The van der Waals surface area contributed by atoms with Gasteiger partial charge in [-0.25, -0.2) is 0 Å². The van der Waals surface area contributed by atoms with Crippen LogP contribution in [-0.4, -0.2) is 68.4 Å². The van der Waals surface area contributed by atoms with Gasteiger partial charge in [0, 0.05) is 13.7 Å². The van der Waals surface area contributed by atoms with E-state index in [2.05, 4.69) is 6.92 Å². The van der Waals surface area contributed by atoms with Crippen LogP contribution in [0.1, 0.15) is 103 Å². The molecular weight excluding hydrogens is 469 g/mol. The van der Waals surface area contributed by atoms with Crippen LogP contribution in [0, 0.1) is 5.92 Å². The fourth-order valence-electron chi connectivity index (χ4n) is 4.39. The van der Waals surface area contributed by atoms with Crippen molar-refractivity contribution in [2.45, 2.75) is 109 Å². The molecule has 206 valence electrons. The quantitative estimate of drug-likeness (QED) is 0.0843. The number of hydrogen-bond acceptors (Lipinski definition) is 5. The predicted octanol–water partition coefficient (Wildman–Crippen LogP) is 6.41. The zero-order valence-electron chi connectivity index (χ0n) is 23.0. The van der Waals surface area contributed by atoms with Gasteiger partial charge in [-0.3, -0.25) is 4.57 Å². The SMILES string of the molecule is CCCCCCCCCCCCCCCCSCC(COC)CC(C[N+](C)(C)C)OP(=O)([O-])O. The van der Waals surface area contributed by atoms with Gasteiger partial charge < -0.3 is 23.5 Å². The Bertz CT molecular complexity index is 498. The van der Waals surface area contributed by atoms with E-state index >= 15 is 0 Å². The molecule has 0 aromatic rings. The van der Waals surface area contributed by atoms with Crippen LogP contribution < -0.4 is 4.89 Å². The van der Waals surface area contributed by atoms with E-state index in [0.29, 0.717) is 24.1 Å². The van der Waals surface area contributed by atoms with Crippen LogP contribution in [0.4, 0.5) is 0 Å². The van der Waals surface area contributed by atoms with E-state index < -0.39 is 13.9 Å². The minimum Gasteiger partial charge on any atom is -0.756 e. The Morgan fingerprint density at radius 1 is 0.882 bits per heavy atom. The highest BCUT2D eigenvalue weighted by atomic mass is 32.2. The van der Waals surface area contributed by atoms with E-state index in [1.54, 1.807) is 7.11 Å². The van der Waals surface area contributed by atoms with E-state index in [-0.39, 0.29) is 5.92 Å². The monoisotopic (exact) mass is 525 g/mol. The molecule has 0 saturated heterocycles. The normalized spacial score (nSPS) is 15.9. The van der Waals surface area contributed by atoms with Crippen LogP contribution in [-0.2, 0) is 13.8 Å². The topological polar surface area (TPSA) is 78.8 Å². The van der Waals surface area contributed by atoms with Crippen LogP contribution in [0.5, 0.6) is 0 Å². The number of nitrogens with zero attached hydrogens (tertiary/aromatic N) is 1. The molecular formula is C26H56NO5PS. The number of unbranched alkanes of at least 4 members (excludes halogenated alkanes) is 13. The smallest absolute Gasteiger partial charge is 0.265 e. The molecule has 1 N–H and O–H groups in total. The fourth-order valence-corrected chi connectivity index (χ4v) is 6.06. The lowest BCUT2D eigenvalue weighted by molar-refractivity contribution is -0.873. The van der Waals surface area contributed by atoms with Crippen molar-refractivity contribution in [1.29, 1.82) is 0 Å².